The van der Waals surface area contributed by atoms with E-state index in [9.17, 15) is 0 Å². The lowest BCUT2D eigenvalue weighted by Gasteiger charge is -2.24. The molecule has 3 nitrogen and oxygen atoms in total. The topological polar surface area (TPSA) is 48.8 Å². The molecule has 2 N–H and O–H groups in total. The fourth-order valence-electron chi connectivity index (χ4n) is 3.96. The van der Waals surface area contributed by atoms with Gasteiger partial charge in [-0.05, 0) is 70.7 Å². The van der Waals surface area contributed by atoms with Gasteiger partial charge >= 0.3 is 0 Å². The highest BCUT2D eigenvalue weighted by atomic mass is 14.9. The van der Waals surface area contributed by atoms with Gasteiger partial charge in [0, 0.05) is 23.7 Å². The molecule has 1 aromatic heterocycles. The maximum atomic E-state index is 8.04. The molecule has 1 unspecified atom stereocenters. The van der Waals surface area contributed by atoms with Gasteiger partial charge < -0.3 is 10.7 Å². The van der Waals surface area contributed by atoms with E-state index in [1.807, 2.05) is 19.2 Å². The van der Waals surface area contributed by atoms with E-state index in [2.05, 4.69) is 100 Å². The number of nitrogens with one attached hydrogen (secondary N) is 2. The molecule has 0 spiro atoms. The maximum Gasteiger partial charge on any atom is 0.0653 e. The van der Waals surface area contributed by atoms with Gasteiger partial charge in [0.1, 0.15) is 0 Å². The molecule has 0 aliphatic heterocycles. The Hall–Kier alpha value is -3.20. The van der Waals surface area contributed by atoms with Crippen LogP contribution in [0.4, 0.5) is 5.69 Å². The van der Waals surface area contributed by atoms with E-state index >= 15 is 0 Å². The second-order valence-corrected chi connectivity index (χ2v) is 10.4. The Kier molecular flexibility index (Phi) is 7.53. The van der Waals surface area contributed by atoms with Crippen LogP contribution in [0.3, 0.4) is 0 Å². The minimum absolute atomic E-state index is 0.118. The highest BCUT2D eigenvalue weighted by molar-refractivity contribution is 5.88. The van der Waals surface area contributed by atoms with Crippen LogP contribution in [-0.2, 0) is 5.41 Å². The maximum absolute atomic E-state index is 8.04. The van der Waals surface area contributed by atoms with Crippen molar-refractivity contribution >= 4 is 17.5 Å². The lowest BCUT2D eigenvalue weighted by Crippen LogP contribution is -2.15. The molecule has 0 aliphatic rings. The zero-order chi connectivity index (χ0) is 24.2. The minimum atomic E-state index is 0.118. The summed E-state index contributed by atoms with van der Waals surface area (Å²) in [5.74, 6) is 0.521. The van der Waals surface area contributed by atoms with Crippen molar-refractivity contribution in [1.29, 1.82) is 5.41 Å². The van der Waals surface area contributed by atoms with Crippen LogP contribution in [0, 0.1) is 11.3 Å². The van der Waals surface area contributed by atoms with Gasteiger partial charge in [-0.15, -0.1) is 0 Å². The van der Waals surface area contributed by atoms with Crippen LogP contribution in [0.25, 0.3) is 16.7 Å². The Balaban J connectivity index is 1.89. The van der Waals surface area contributed by atoms with Crippen LogP contribution in [0.1, 0.15) is 76.4 Å². The van der Waals surface area contributed by atoms with Crippen molar-refractivity contribution in [3.63, 3.8) is 0 Å². The Bertz CT molecular complexity index is 1100. The molecule has 0 fully saturated rings. The molecule has 172 valence electrons. The average Bonchev–Trinajstić information content (AvgIpc) is 2.78. The summed E-state index contributed by atoms with van der Waals surface area (Å²) in [6, 6.07) is 19.4. The lowest BCUT2D eigenvalue weighted by atomic mass is 9.86. The fraction of sp³-hybridized carbons (Fsp3) is 0.333. The van der Waals surface area contributed by atoms with Gasteiger partial charge in [0.2, 0.25) is 0 Å². The molecule has 0 radical (unpaired) electrons. The highest BCUT2D eigenvalue weighted by Crippen LogP contribution is 2.31. The van der Waals surface area contributed by atoms with Gasteiger partial charge in [0.15, 0.2) is 0 Å². The van der Waals surface area contributed by atoms with Gasteiger partial charge in [0.25, 0.3) is 0 Å². The molecular formula is C30H37N3. The van der Waals surface area contributed by atoms with Crippen LogP contribution in [0.15, 0.2) is 67.4 Å². The van der Waals surface area contributed by atoms with Crippen molar-refractivity contribution in [2.45, 2.75) is 59.4 Å². The molecule has 3 heteroatoms. The van der Waals surface area contributed by atoms with Crippen molar-refractivity contribution in [3.05, 3.63) is 89.8 Å². The van der Waals surface area contributed by atoms with Crippen LogP contribution < -0.4 is 5.32 Å². The Labute approximate surface area is 199 Å². The summed E-state index contributed by atoms with van der Waals surface area (Å²) in [7, 11) is 0. The summed E-state index contributed by atoms with van der Waals surface area (Å²) in [6.45, 7) is 17.1. The normalized spacial score (nSPS) is 12.5. The van der Waals surface area contributed by atoms with E-state index in [1.165, 1.54) is 11.8 Å². The molecule has 0 amide bonds. The first kappa shape index (κ1) is 24.4. The molecular weight excluding hydrogens is 402 g/mol. The zero-order valence-electron chi connectivity index (χ0n) is 20.9. The average molecular weight is 440 g/mol. The Morgan fingerprint density at radius 3 is 2.21 bits per heavy atom. The van der Waals surface area contributed by atoms with E-state index in [0.717, 1.165) is 45.6 Å². The zero-order valence-corrected chi connectivity index (χ0v) is 20.9. The quantitative estimate of drug-likeness (QED) is 0.347. The second-order valence-electron chi connectivity index (χ2n) is 10.4. The van der Waals surface area contributed by atoms with Gasteiger partial charge in [-0.3, -0.25) is 4.98 Å². The number of rotatable bonds is 8. The summed E-state index contributed by atoms with van der Waals surface area (Å²) in [5.41, 5.74) is 8.61. The van der Waals surface area contributed by atoms with Crippen molar-refractivity contribution in [2.75, 3.05) is 5.32 Å². The van der Waals surface area contributed by atoms with E-state index in [-0.39, 0.29) is 11.5 Å². The van der Waals surface area contributed by atoms with E-state index in [0.29, 0.717) is 5.92 Å². The number of allylic oxidation sites excluding steroid dienone is 1. The van der Waals surface area contributed by atoms with E-state index < -0.39 is 0 Å². The standard InChI is InChI=1S/C30H37N3/c1-20(2)16-29(24-11-14-27(21(3)4)32-19-24)33-28-15-10-23(17-25(28)18-31)22-8-12-26(13-9-22)30(5,6)7/h8-15,17-20,29,31,33H,3,16H2,1-2,4-7H3. The smallest absolute Gasteiger partial charge is 0.0653 e. The van der Waals surface area contributed by atoms with Crippen molar-refractivity contribution < 1.29 is 0 Å². The molecule has 33 heavy (non-hydrogen) atoms. The molecule has 0 saturated carbocycles. The van der Waals surface area contributed by atoms with Crippen LogP contribution in [0.5, 0.6) is 0 Å². The van der Waals surface area contributed by atoms with Crippen molar-refractivity contribution in [3.8, 4) is 11.1 Å². The predicted molar refractivity (Wildman–Crippen MR) is 143 cm³/mol. The summed E-state index contributed by atoms with van der Waals surface area (Å²) in [6.07, 6.45) is 4.35. The second kappa shape index (κ2) is 10.2. The monoisotopic (exact) mass is 439 g/mol. The van der Waals surface area contributed by atoms with E-state index in [1.54, 1.807) is 0 Å². The van der Waals surface area contributed by atoms with Gasteiger partial charge in [-0.25, -0.2) is 0 Å². The highest BCUT2D eigenvalue weighted by Gasteiger charge is 2.17. The molecule has 1 heterocycles. The molecule has 0 aliphatic carbocycles. The van der Waals surface area contributed by atoms with Crippen LogP contribution >= 0.6 is 0 Å². The number of hydrogen-bond donors (Lipinski definition) is 2. The van der Waals surface area contributed by atoms with Crippen LogP contribution in [-0.4, -0.2) is 11.2 Å². The molecule has 1 atom stereocenters. The molecule has 2 aromatic carbocycles. The predicted octanol–water partition coefficient (Wildman–Crippen LogP) is 8.28. The number of pyridine rings is 1. The summed E-state index contributed by atoms with van der Waals surface area (Å²) >= 11 is 0. The Morgan fingerprint density at radius 1 is 1.03 bits per heavy atom. The van der Waals surface area contributed by atoms with Gasteiger partial charge in [-0.1, -0.05) is 77.6 Å². The van der Waals surface area contributed by atoms with Crippen LogP contribution in [0.2, 0.25) is 0 Å². The summed E-state index contributed by atoms with van der Waals surface area (Å²) in [5, 5.41) is 11.7. The third kappa shape index (κ3) is 6.19. The van der Waals surface area contributed by atoms with Gasteiger partial charge in [0.05, 0.1) is 11.7 Å². The van der Waals surface area contributed by atoms with E-state index in [4.69, 9.17) is 5.41 Å². The Morgan fingerprint density at radius 2 is 1.70 bits per heavy atom. The SMILES string of the molecule is C=C(C)c1ccc(C(CC(C)C)Nc2ccc(-c3ccc(C(C)(C)C)cc3)cc2C=N)cn1. The first-order chi connectivity index (χ1) is 15.6. The van der Waals surface area contributed by atoms with Gasteiger partial charge in [-0.2, -0.15) is 0 Å². The third-order valence-corrected chi connectivity index (χ3v) is 5.95. The summed E-state index contributed by atoms with van der Waals surface area (Å²) in [4.78, 5) is 4.58. The first-order valence-corrected chi connectivity index (χ1v) is 11.7. The number of anilines is 1. The number of benzene rings is 2. The van der Waals surface area contributed by atoms with Crippen molar-refractivity contribution in [1.82, 2.24) is 4.98 Å². The largest absolute Gasteiger partial charge is 0.378 e. The molecule has 3 rings (SSSR count). The molecule has 3 aromatic rings. The summed E-state index contributed by atoms with van der Waals surface area (Å²) < 4.78 is 0. The number of hydrogen-bond acceptors (Lipinski definition) is 3. The fourth-order valence-corrected chi connectivity index (χ4v) is 3.96. The van der Waals surface area contributed by atoms with Crippen molar-refractivity contribution in [2.24, 2.45) is 5.92 Å². The number of aromatic nitrogens is 1. The molecule has 0 bridgehead atoms. The first-order valence-electron chi connectivity index (χ1n) is 11.7. The minimum Gasteiger partial charge on any atom is -0.378 e. The third-order valence-electron chi connectivity index (χ3n) is 5.95. The number of nitrogens with zero attached hydrogens (tertiary/aromatic N) is 1. The molecule has 0 saturated heterocycles. The lowest BCUT2D eigenvalue weighted by molar-refractivity contribution is 0.530.